The summed E-state index contributed by atoms with van der Waals surface area (Å²) >= 11 is 1.79. The molecule has 1 unspecified atom stereocenters. The number of benzene rings is 1. The first-order valence-electron chi connectivity index (χ1n) is 6.05. The maximum atomic E-state index is 5.85. The minimum absolute atomic E-state index is 0.400. The van der Waals surface area contributed by atoms with Gasteiger partial charge in [0.25, 0.3) is 0 Å². The summed E-state index contributed by atoms with van der Waals surface area (Å²) in [6, 6.07) is 5.89. The summed E-state index contributed by atoms with van der Waals surface area (Å²) in [6.45, 7) is 3.55. The van der Waals surface area contributed by atoms with Gasteiger partial charge in [-0.05, 0) is 31.9 Å². The Kier molecular flexibility index (Phi) is 4.57. The van der Waals surface area contributed by atoms with Crippen molar-refractivity contribution in [3.8, 4) is 5.75 Å². The first-order valence-corrected chi connectivity index (χ1v) is 7.04. The Hall–Kier alpha value is -0.870. The molecule has 1 aliphatic heterocycles. The molecular weight excluding hydrogens is 234 g/mol. The van der Waals surface area contributed by atoms with Crippen LogP contribution in [0, 0.1) is 0 Å². The van der Waals surface area contributed by atoms with Gasteiger partial charge in [0.15, 0.2) is 0 Å². The van der Waals surface area contributed by atoms with Crippen molar-refractivity contribution in [1.29, 1.82) is 0 Å². The molecule has 0 amide bonds. The van der Waals surface area contributed by atoms with Gasteiger partial charge in [0, 0.05) is 29.0 Å². The summed E-state index contributed by atoms with van der Waals surface area (Å²) in [4.78, 5) is 1.16. The number of nitrogens with two attached hydrogens (primary N) is 1. The van der Waals surface area contributed by atoms with Gasteiger partial charge in [0.1, 0.15) is 5.75 Å². The van der Waals surface area contributed by atoms with Crippen molar-refractivity contribution in [3.05, 3.63) is 18.2 Å². The predicted octanol–water partition coefficient (Wildman–Crippen LogP) is 2.94. The number of ether oxygens (including phenoxy) is 2. The summed E-state index contributed by atoms with van der Waals surface area (Å²) in [7, 11) is 0. The normalized spacial score (nSPS) is 19.5. The Morgan fingerprint density at radius 1 is 1.47 bits per heavy atom. The van der Waals surface area contributed by atoms with Crippen molar-refractivity contribution in [2.75, 3.05) is 24.7 Å². The average molecular weight is 253 g/mol. The summed E-state index contributed by atoms with van der Waals surface area (Å²) in [5.74, 6) is 1.84. The Labute approximate surface area is 107 Å². The molecule has 17 heavy (non-hydrogen) atoms. The Morgan fingerprint density at radius 2 is 2.35 bits per heavy atom. The van der Waals surface area contributed by atoms with E-state index in [2.05, 4.69) is 0 Å². The van der Waals surface area contributed by atoms with E-state index in [9.17, 15) is 0 Å². The molecule has 1 aromatic rings. The van der Waals surface area contributed by atoms with E-state index in [0.29, 0.717) is 12.7 Å². The molecule has 2 N–H and O–H groups in total. The highest BCUT2D eigenvalue weighted by atomic mass is 32.2. The van der Waals surface area contributed by atoms with Crippen LogP contribution in [0.15, 0.2) is 23.1 Å². The predicted molar refractivity (Wildman–Crippen MR) is 71.7 cm³/mol. The lowest BCUT2D eigenvalue weighted by Crippen LogP contribution is -2.07. The lowest BCUT2D eigenvalue weighted by molar-refractivity contribution is 0.129. The third-order valence-electron chi connectivity index (χ3n) is 2.67. The van der Waals surface area contributed by atoms with E-state index < -0.39 is 0 Å². The number of anilines is 1. The molecule has 94 valence electrons. The van der Waals surface area contributed by atoms with E-state index >= 15 is 0 Å². The van der Waals surface area contributed by atoms with E-state index in [0.717, 1.165) is 28.7 Å². The van der Waals surface area contributed by atoms with Gasteiger partial charge in [0.2, 0.25) is 0 Å². The van der Waals surface area contributed by atoms with Gasteiger partial charge in [-0.1, -0.05) is 0 Å². The zero-order valence-corrected chi connectivity index (χ0v) is 11.0. The van der Waals surface area contributed by atoms with Gasteiger partial charge in [-0.25, -0.2) is 0 Å². The van der Waals surface area contributed by atoms with Crippen LogP contribution in [-0.4, -0.2) is 25.1 Å². The number of hydrogen-bond acceptors (Lipinski definition) is 4. The molecule has 0 radical (unpaired) electrons. The zero-order chi connectivity index (χ0) is 12.1. The van der Waals surface area contributed by atoms with Crippen molar-refractivity contribution in [3.63, 3.8) is 0 Å². The molecule has 0 saturated carbocycles. The van der Waals surface area contributed by atoms with Gasteiger partial charge >= 0.3 is 0 Å². The molecule has 0 aliphatic carbocycles. The smallest absolute Gasteiger partial charge is 0.122 e. The van der Waals surface area contributed by atoms with E-state index in [1.807, 2.05) is 25.1 Å². The van der Waals surface area contributed by atoms with Crippen LogP contribution in [0.5, 0.6) is 5.75 Å². The van der Waals surface area contributed by atoms with Gasteiger partial charge < -0.3 is 15.2 Å². The van der Waals surface area contributed by atoms with Crippen molar-refractivity contribution >= 4 is 17.4 Å². The highest BCUT2D eigenvalue weighted by molar-refractivity contribution is 7.99. The fraction of sp³-hybridized carbons (Fsp3) is 0.538. The standard InChI is InChI=1S/C13H19NO2S/c1-2-15-12-6-10(14)7-13(8-12)17-9-11-4-3-5-16-11/h6-8,11H,2-5,9,14H2,1H3. The minimum Gasteiger partial charge on any atom is -0.494 e. The van der Waals surface area contributed by atoms with Crippen molar-refractivity contribution < 1.29 is 9.47 Å². The molecule has 1 heterocycles. The SMILES string of the molecule is CCOc1cc(N)cc(SCC2CCCO2)c1. The van der Waals surface area contributed by atoms with Crippen molar-refractivity contribution in [2.45, 2.75) is 30.8 Å². The van der Waals surface area contributed by atoms with Crippen LogP contribution in [0.1, 0.15) is 19.8 Å². The molecule has 1 fully saturated rings. The summed E-state index contributed by atoms with van der Waals surface area (Å²) in [5, 5.41) is 0. The molecule has 2 rings (SSSR count). The summed E-state index contributed by atoms with van der Waals surface area (Å²) in [6.07, 6.45) is 2.76. The van der Waals surface area contributed by atoms with Crippen LogP contribution < -0.4 is 10.5 Å². The number of thioether (sulfide) groups is 1. The van der Waals surface area contributed by atoms with E-state index in [-0.39, 0.29) is 0 Å². The van der Waals surface area contributed by atoms with Crippen LogP contribution in [0.4, 0.5) is 5.69 Å². The molecule has 0 spiro atoms. The molecular formula is C13H19NO2S. The van der Waals surface area contributed by atoms with Gasteiger partial charge in [0.05, 0.1) is 12.7 Å². The molecule has 1 saturated heterocycles. The van der Waals surface area contributed by atoms with Crippen LogP contribution in [-0.2, 0) is 4.74 Å². The van der Waals surface area contributed by atoms with Gasteiger partial charge in [-0.2, -0.15) is 0 Å². The maximum absolute atomic E-state index is 5.85. The number of rotatable bonds is 5. The molecule has 3 nitrogen and oxygen atoms in total. The van der Waals surface area contributed by atoms with Crippen LogP contribution in [0.25, 0.3) is 0 Å². The summed E-state index contributed by atoms with van der Waals surface area (Å²) < 4.78 is 11.1. The van der Waals surface area contributed by atoms with E-state index in [4.69, 9.17) is 15.2 Å². The molecule has 4 heteroatoms. The molecule has 1 aromatic carbocycles. The lowest BCUT2D eigenvalue weighted by atomic mass is 10.3. The maximum Gasteiger partial charge on any atom is 0.122 e. The molecule has 0 aromatic heterocycles. The van der Waals surface area contributed by atoms with E-state index in [1.54, 1.807) is 11.8 Å². The average Bonchev–Trinajstić information content (AvgIpc) is 2.79. The Morgan fingerprint density at radius 3 is 3.06 bits per heavy atom. The van der Waals surface area contributed by atoms with Crippen molar-refractivity contribution in [1.82, 2.24) is 0 Å². The highest BCUT2D eigenvalue weighted by Gasteiger charge is 2.15. The fourth-order valence-corrected chi connectivity index (χ4v) is 2.95. The van der Waals surface area contributed by atoms with Gasteiger partial charge in [-0.3, -0.25) is 0 Å². The second kappa shape index (κ2) is 6.17. The first kappa shape index (κ1) is 12.6. The van der Waals surface area contributed by atoms with Crippen LogP contribution in [0.2, 0.25) is 0 Å². The minimum atomic E-state index is 0.400. The summed E-state index contributed by atoms with van der Waals surface area (Å²) in [5.41, 5.74) is 6.60. The molecule has 1 atom stereocenters. The Bertz CT molecular complexity index is 364. The molecule has 1 aliphatic rings. The lowest BCUT2D eigenvalue weighted by Gasteiger charge is -2.10. The quantitative estimate of drug-likeness (QED) is 0.647. The third kappa shape index (κ3) is 3.82. The third-order valence-corrected chi connectivity index (χ3v) is 3.78. The second-order valence-corrected chi connectivity index (χ2v) is 5.21. The number of hydrogen-bond donors (Lipinski definition) is 1. The van der Waals surface area contributed by atoms with Gasteiger partial charge in [-0.15, -0.1) is 11.8 Å². The molecule has 0 bridgehead atoms. The first-order chi connectivity index (χ1) is 8.28. The zero-order valence-electron chi connectivity index (χ0n) is 10.1. The monoisotopic (exact) mass is 253 g/mol. The van der Waals surface area contributed by atoms with Crippen molar-refractivity contribution in [2.24, 2.45) is 0 Å². The number of nitrogen functional groups attached to an aromatic ring is 1. The van der Waals surface area contributed by atoms with Crippen LogP contribution in [0.3, 0.4) is 0 Å². The van der Waals surface area contributed by atoms with E-state index in [1.165, 1.54) is 12.8 Å². The highest BCUT2D eigenvalue weighted by Crippen LogP contribution is 2.29. The second-order valence-electron chi connectivity index (χ2n) is 4.12. The fourth-order valence-electron chi connectivity index (χ4n) is 1.89. The topological polar surface area (TPSA) is 44.5 Å². The largest absolute Gasteiger partial charge is 0.494 e. The van der Waals surface area contributed by atoms with Crippen LogP contribution >= 0.6 is 11.8 Å². The Balaban J connectivity index is 1.94.